The summed E-state index contributed by atoms with van der Waals surface area (Å²) in [5.41, 5.74) is 1.37. The van der Waals surface area contributed by atoms with Gasteiger partial charge in [-0.1, -0.05) is 37.3 Å². The van der Waals surface area contributed by atoms with Gasteiger partial charge in [0.05, 0.1) is 6.04 Å². The van der Waals surface area contributed by atoms with E-state index in [4.69, 9.17) is 0 Å². The summed E-state index contributed by atoms with van der Waals surface area (Å²) in [7, 11) is 1.98. The Morgan fingerprint density at radius 2 is 2.36 bits per heavy atom. The standard InChI is InChI=1S/C10H15N/c1-3-6-9-7-4-5-8-10(9)11-2/h4-8,10-11H,3H2,1-2H3/b9-6-. The zero-order chi connectivity index (χ0) is 8.10. The predicted molar refractivity (Wildman–Crippen MR) is 49.5 cm³/mol. The van der Waals surface area contributed by atoms with Crippen molar-refractivity contribution in [2.45, 2.75) is 19.4 Å². The molecule has 1 aliphatic carbocycles. The molecule has 1 heteroatoms. The molecule has 0 radical (unpaired) electrons. The number of hydrogen-bond donors (Lipinski definition) is 1. The van der Waals surface area contributed by atoms with Gasteiger partial charge >= 0.3 is 0 Å². The van der Waals surface area contributed by atoms with Gasteiger partial charge in [-0.2, -0.15) is 0 Å². The molecule has 0 saturated heterocycles. The molecular weight excluding hydrogens is 134 g/mol. The number of hydrogen-bond acceptors (Lipinski definition) is 1. The Morgan fingerprint density at radius 3 is 3.00 bits per heavy atom. The third-order valence-electron chi connectivity index (χ3n) is 1.81. The van der Waals surface area contributed by atoms with E-state index in [9.17, 15) is 0 Å². The number of allylic oxidation sites excluding steroid dienone is 3. The third-order valence-corrected chi connectivity index (χ3v) is 1.81. The molecule has 0 bridgehead atoms. The molecule has 1 unspecified atom stereocenters. The van der Waals surface area contributed by atoms with E-state index in [1.165, 1.54) is 5.57 Å². The second-order valence-corrected chi connectivity index (χ2v) is 2.62. The molecule has 0 aromatic carbocycles. The molecule has 0 aromatic rings. The topological polar surface area (TPSA) is 12.0 Å². The molecule has 0 aromatic heterocycles. The lowest BCUT2D eigenvalue weighted by atomic mass is 10.0. The van der Waals surface area contributed by atoms with Crippen LogP contribution in [0.5, 0.6) is 0 Å². The van der Waals surface area contributed by atoms with Gasteiger partial charge in [-0.05, 0) is 19.0 Å². The summed E-state index contributed by atoms with van der Waals surface area (Å²) in [6.45, 7) is 2.16. The highest BCUT2D eigenvalue weighted by Gasteiger charge is 2.06. The summed E-state index contributed by atoms with van der Waals surface area (Å²) in [5.74, 6) is 0. The summed E-state index contributed by atoms with van der Waals surface area (Å²) < 4.78 is 0. The van der Waals surface area contributed by atoms with Crippen molar-refractivity contribution in [1.29, 1.82) is 0 Å². The number of likely N-dealkylation sites (N-methyl/N-ethyl adjacent to an activating group) is 1. The SMILES string of the molecule is CC/C=C1/C=CC=CC1NC. The minimum Gasteiger partial charge on any atom is -0.310 e. The van der Waals surface area contributed by atoms with Crippen molar-refractivity contribution in [2.24, 2.45) is 0 Å². The quantitative estimate of drug-likeness (QED) is 0.633. The maximum absolute atomic E-state index is 3.23. The molecule has 60 valence electrons. The van der Waals surface area contributed by atoms with Crippen LogP contribution in [0.1, 0.15) is 13.3 Å². The van der Waals surface area contributed by atoms with Crippen LogP contribution in [-0.4, -0.2) is 13.1 Å². The Balaban J connectivity index is 2.70. The second-order valence-electron chi connectivity index (χ2n) is 2.62. The van der Waals surface area contributed by atoms with Gasteiger partial charge in [0.25, 0.3) is 0 Å². The van der Waals surface area contributed by atoms with Gasteiger partial charge in [0.1, 0.15) is 0 Å². The third kappa shape index (κ3) is 2.05. The van der Waals surface area contributed by atoms with Crippen molar-refractivity contribution < 1.29 is 0 Å². The highest BCUT2D eigenvalue weighted by Crippen LogP contribution is 2.11. The summed E-state index contributed by atoms with van der Waals surface area (Å²) in [6.07, 6.45) is 11.8. The van der Waals surface area contributed by atoms with Gasteiger partial charge in [0.15, 0.2) is 0 Å². The normalized spacial score (nSPS) is 26.4. The zero-order valence-electron chi connectivity index (χ0n) is 7.17. The molecule has 1 atom stereocenters. The van der Waals surface area contributed by atoms with Crippen molar-refractivity contribution in [1.82, 2.24) is 5.32 Å². The minimum absolute atomic E-state index is 0.417. The second kappa shape index (κ2) is 4.14. The number of nitrogens with one attached hydrogen (secondary N) is 1. The van der Waals surface area contributed by atoms with Crippen LogP contribution >= 0.6 is 0 Å². The molecule has 0 heterocycles. The Kier molecular flexibility index (Phi) is 3.12. The van der Waals surface area contributed by atoms with Crippen LogP contribution < -0.4 is 5.32 Å². The Morgan fingerprint density at radius 1 is 1.55 bits per heavy atom. The maximum atomic E-state index is 3.23. The first-order chi connectivity index (χ1) is 5.38. The van der Waals surface area contributed by atoms with Gasteiger partial charge in [0.2, 0.25) is 0 Å². The van der Waals surface area contributed by atoms with E-state index in [-0.39, 0.29) is 0 Å². The summed E-state index contributed by atoms with van der Waals surface area (Å²) >= 11 is 0. The minimum atomic E-state index is 0.417. The Hall–Kier alpha value is -0.820. The molecule has 0 fully saturated rings. The van der Waals surface area contributed by atoms with E-state index >= 15 is 0 Å². The van der Waals surface area contributed by atoms with Crippen LogP contribution in [-0.2, 0) is 0 Å². The van der Waals surface area contributed by atoms with Crippen LogP contribution in [0.4, 0.5) is 0 Å². The van der Waals surface area contributed by atoms with Crippen LogP contribution in [0.25, 0.3) is 0 Å². The molecule has 1 rings (SSSR count). The van der Waals surface area contributed by atoms with Crippen molar-refractivity contribution in [3.05, 3.63) is 36.0 Å². The van der Waals surface area contributed by atoms with E-state index in [2.05, 4.69) is 42.6 Å². The van der Waals surface area contributed by atoms with E-state index < -0.39 is 0 Å². The molecule has 0 spiro atoms. The first-order valence-electron chi connectivity index (χ1n) is 4.10. The molecule has 0 amide bonds. The first-order valence-corrected chi connectivity index (χ1v) is 4.10. The fourth-order valence-corrected chi connectivity index (χ4v) is 1.25. The van der Waals surface area contributed by atoms with Gasteiger partial charge in [-0.3, -0.25) is 0 Å². The van der Waals surface area contributed by atoms with Crippen LogP contribution in [0.2, 0.25) is 0 Å². The lowest BCUT2D eigenvalue weighted by molar-refractivity contribution is 0.758. The van der Waals surface area contributed by atoms with Gasteiger partial charge in [0, 0.05) is 0 Å². The Bertz CT molecular complexity index is 199. The maximum Gasteiger partial charge on any atom is 0.0503 e. The fraction of sp³-hybridized carbons (Fsp3) is 0.400. The lowest BCUT2D eigenvalue weighted by Gasteiger charge is -2.15. The monoisotopic (exact) mass is 149 g/mol. The molecule has 0 saturated carbocycles. The Labute approximate surface area is 68.5 Å². The lowest BCUT2D eigenvalue weighted by Crippen LogP contribution is -2.25. The largest absolute Gasteiger partial charge is 0.310 e. The van der Waals surface area contributed by atoms with E-state index in [0.29, 0.717) is 6.04 Å². The number of rotatable bonds is 2. The van der Waals surface area contributed by atoms with Crippen molar-refractivity contribution in [3.63, 3.8) is 0 Å². The highest BCUT2D eigenvalue weighted by atomic mass is 14.9. The average molecular weight is 149 g/mol. The molecule has 0 aliphatic heterocycles. The molecule has 1 nitrogen and oxygen atoms in total. The zero-order valence-corrected chi connectivity index (χ0v) is 7.17. The smallest absolute Gasteiger partial charge is 0.0503 e. The van der Waals surface area contributed by atoms with Crippen LogP contribution in [0.15, 0.2) is 36.0 Å². The van der Waals surface area contributed by atoms with Crippen molar-refractivity contribution in [3.8, 4) is 0 Å². The fourth-order valence-electron chi connectivity index (χ4n) is 1.25. The summed E-state index contributed by atoms with van der Waals surface area (Å²) in [5, 5.41) is 3.23. The molecule has 1 N–H and O–H groups in total. The van der Waals surface area contributed by atoms with Crippen LogP contribution in [0.3, 0.4) is 0 Å². The average Bonchev–Trinajstić information content (AvgIpc) is 2.06. The van der Waals surface area contributed by atoms with Crippen LogP contribution in [0, 0.1) is 0 Å². The van der Waals surface area contributed by atoms with E-state index in [0.717, 1.165) is 6.42 Å². The summed E-state index contributed by atoms with van der Waals surface area (Å²) in [4.78, 5) is 0. The van der Waals surface area contributed by atoms with Gasteiger partial charge in [-0.25, -0.2) is 0 Å². The summed E-state index contributed by atoms with van der Waals surface area (Å²) in [6, 6.07) is 0.417. The van der Waals surface area contributed by atoms with E-state index in [1.807, 2.05) is 7.05 Å². The van der Waals surface area contributed by atoms with Gasteiger partial charge in [-0.15, -0.1) is 0 Å². The van der Waals surface area contributed by atoms with E-state index in [1.54, 1.807) is 0 Å². The van der Waals surface area contributed by atoms with Crippen molar-refractivity contribution >= 4 is 0 Å². The molecular formula is C10H15N. The van der Waals surface area contributed by atoms with Crippen molar-refractivity contribution in [2.75, 3.05) is 7.05 Å². The highest BCUT2D eigenvalue weighted by molar-refractivity contribution is 5.35. The molecule has 11 heavy (non-hydrogen) atoms. The first kappa shape index (κ1) is 8.28. The predicted octanol–water partition coefficient (Wildman–Crippen LogP) is 2.04. The van der Waals surface area contributed by atoms with Gasteiger partial charge < -0.3 is 5.32 Å². The molecule has 1 aliphatic rings.